The molecule has 100 valence electrons. The Morgan fingerprint density at radius 3 is 2.50 bits per heavy atom. The Kier molecular flexibility index (Phi) is 3.11. The number of hydrogen-bond donors (Lipinski definition) is 1. The summed E-state index contributed by atoms with van der Waals surface area (Å²) in [6, 6.07) is 15.5. The lowest BCUT2D eigenvalue weighted by Crippen LogP contribution is -2.05. The second-order valence-electron chi connectivity index (χ2n) is 5.07. The van der Waals surface area contributed by atoms with E-state index in [2.05, 4.69) is 5.32 Å². The smallest absolute Gasteiger partial charge is 0.221 e. The summed E-state index contributed by atoms with van der Waals surface area (Å²) in [5.74, 6) is 0.251. The summed E-state index contributed by atoms with van der Waals surface area (Å²) in [4.78, 5) is 23.0. The topological polar surface area (TPSA) is 46.2 Å². The van der Waals surface area contributed by atoms with Crippen LogP contribution in [-0.2, 0) is 4.79 Å². The number of carbonyl (C=O) groups excluding carboxylic acids is 2. The van der Waals surface area contributed by atoms with Crippen molar-refractivity contribution in [1.82, 2.24) is 0 Å². The van der Waals surface area contributed by atoms with Crippen molar-refractivity contribution < 1.29 is 9.59 Å². The van der Waals surface area contributed by atoms with Gasteiger partial charge in [0.15, 0.2) is 5.78 Å². The zero-order valence-electron chi connectivity index (χ0n) is 11.2. The number of ketones is 1. The molecule has 0 spiro atoms. The van der Waals surface area contributed by atoms with Crippen LogP contribution in [0.3, 0.4) is 0 Å². The van der Waals surface area contributed by atoms with E-state index < -0.39 is 0 Å². The second-order valence-corrected chi connectivity index (χ2v) is 5.07. The maximum Gasteiger partial charge on any atom is 0.221 e. The molecule has 0 aromatic heterocycles. The summed E-state index contributed by atoms with van der Waals surface area (Å²) in [5.41, 5.74) is 3.82. The average molecular weight is 265 g/mol. The first-order valence-corrected chi connectivity index (χ1v) is 6.65. The highest BCUT2D eigenvalue weighted by atomic mass is 16.1. The van der Waals surface area contributed by atoms with Crippen molar-refractivity contribution in [3.8, 4) is 0 Å². The van der Waals surface area contributed by atoms with Crippen LogP contribution in [0.25, 0.3) is 0 Å². The molecule has 1 amide bonds. The standard InChI is InChI=1S/C17H15NO2/c1-11(19)18-13-8-6-12(7-9-13)16-10-17(20)15-5-3-2-4-14(15)16/h2-9,16H,10H2,1H3,(H,18,19). The predicted octanol–water partition coefficient (Wildman–Crippen LogP) is 3.36. The highest BCUT2D eigenvalue weighted by Crippen LogP contribution is 2.38. The van der Waals surface area contributed by atoms with E-state index in [1.165, 1.54) is 6.92 Å². The first kappa shape index (κ1) is 12.6. The number of fused-ring (bicyclic) bond motifs is 1. The van der Waals surface area contributed by atoms with Gasteiger partial charge in [-0.1, -0.05) is 36.4 Å². The minimum atomic E-state index is -0.0841. The highest BCUT2D eigenvalue weighted by molar-refractivity contribution is 6.01. The first-order chi connectivity index (χ1) is 9.65. The van der Waals surface area contributed by atoms with E-state index in [0.29, 0.717) is 6.42 Å². The first-order valence-electron chi connectivity index (χ1n) is 6.65. The van der Waals surface area contributed by atoms with E-state index in [-0.39, 0.29) is 17.6 Å². The minimum absolute atomic E-state index is 0.0841. The molecule has 0 aliphatic heterocycles. The number of rotatable bonds is 2. The predicted molar refractivity (Wildman–Crippen MR) is 78.0 cm³/mol. The van der Waals surface area contributed by atoms with Gasteiger partial charge >= 0.3 is 0 Å². The van der Waals surface area contributed by atoms with Gasteiger partial charge < -0.3 is 5.32 Å². The molecule has 3 nitrogen and oxygen atoms in total. The van der Waals surface area contributed by atoms with Crippen LogP contribution >= 0.6 is 0 Å². The third-order valence-electron chi connectivity index (χ3n) is 3.66. The maximum atomic E-state index is 12.0. The number of Topliss-reactive ketones (excluding diaryl/α,β-unsaturated/α-hetero) is 1. The van der Waals surface area contributed by atoms with Crippen LogP contribution in [0.4, 0.5) is 5.69 Å². The van der Waals surface area contributed by atoms with Crippen molar-refractivity contribution in [3.63, 3.8) is 0 Å². The van der Waals surface area contributed by atoms with Gasteiger partial charge in [0, 0.05) is 30.5 Å². The molecular weight excluding hydrogens is 250 g/mol. The fourth-order valence-corrected chi connectivity index (χ4v) is 2.76. The molecule has 1 aliphatic rings. The Balaban J connectivity index is 1.91. The molecular formula is C17H15NO2. The largest absolute Gasteiger partial charge is 0.326 e. The quantitative estimate of drug-likeness (QED) is 0.905. The lowest BCUT2D eigenvalue weighted by molar-refractivity contribution is -0.114. The van der Waals surface area contributed by atoms with Gasteiger partial charge in [-0.2, -0.15) is 0 Å². The van der Waals surface area contributed by atoms with Crippen LogP contribution in [0.5, 0.6) is 0 Å². The maximum absolute atomic E-state index is 12.0. The summed E-state index contributed by atoms with van der Waals surface area (Å²) in [6.07, 6.45) is 0.527. The van der Waals surface area contributed by atoms with Gasteiger partial charge in [-0.25, -0.2) is 0 Å². The van der Waals surface area contributed by atoms with Gasteiger partial charge in [-0.15, -0.1) is 0 Å². The van der Waals surface area contributed by atoms with E-state index in [4.69, 9.17) is 0 Å². The number of anilines is 1. The van der Waals surface area contributed by atoms with Gasteiger partial charge in [0.25, 0.3) is 0 Å². The third-order valence-corrected chi connectivity index (χ3v) is 3.66. The monoisotopic (exact) mass is 265 g/mol. The van der Waals surface area contributed by atoms with Crippen LogP contribution in [0.1, 0.15) is 40.7 Å². The normalized spacial score (nSPS) is 16.9. The molecule has 2 aromatic carbocycles. The van der Waals surface area contributed by atoms with Gasteiger partial charge in [0.1, 0.15) is 0 Å². The fourth-order valence-electron chi connectivity index (χ4n) is 2.76. The number of carbonyl (C=O) groups is 2. The molecule has 0 saturated heterocycles. The summed E-state index contributed by atoms with van der Waals surface area (Å²) >= 11 is 0. The van der Waals surface area contributed by atoms with E-state index in [1.54, 1.807) is 0 Å². The molecule has 0 bridgehead atoms. The summed E-state index contributed by atoms with van der Waals surface area (Å²) in [7, 11) is 0. The number of amides is 1. The second kappa shape index (κ2) is 4.93. The summed E-state index contributed by atoms with van der Waals surface area (Å²) in [6.45, 7) is 1.49. The summed E-state index contributed by atoms with van der Waals surface area (Å²) < 4.78 is 0. The van der Waals surface area contributed by atoms with Crippen LogP contribution in [-0.4, -0.2) is 11.7 Å². The Labute approximate surface area is 117 Å². The molecule has 1 N–H and O–H groups in total. The van der Waals surface area contributed by atoms with Gasteiger partial charge in [-0.3, -0.25) is 9.59 Å². The van der Waals surface area contributed by atoms with Gasteiger partial charge in [0.05, 0.1) is 0 Å². The molecule has 3 rings (SSSR count). The molecule has 3 heteroatoms. The summed E-state index contributed by atoms with van der Waals surface area (Å²) in [5, 5.41) is 2.74. The molecule has 0 radical (unpaired) electrons. The molecule has 0 fully saturated rings. The fraction of sp³-hybridized carbons (Fsp3) is 0.176. The molecule has 1 atom stereocenters. The minimum Gasteiger partial charge on any atom is -0.326 e. The number of nitrogens with one attached hydrogen (secondary N) is 1. The van der Waals surface area contributed by atoms with Crippen LogP contribution in [0.15, 0.2) is 48.5 Å². The Morgan fingerprint density at radius 1 is 1.10 bits per heavy atom. The number of benzene rings is 2. The van der Waals surface area contributed by atoms with Crippen molar-refractivity contribution in [1.29, 1.82) is 0 Å². The van der Waals surface area contributed by atoms with Crippen molar-refractivity contribution in [2.75, 3.05) is 5.32 Å². The molecule has 1 aliphatic carbocycles. The zero-order valence-corrected chi connectivity index (χ0v) is 11.2. The van der Waals surface area contributed by atoms with E-state index in [9.17, 15) is 9.59 Å². The SMILES string of the molecule is CC(=O)Nc1ccc(C2CC(=O)c3ccccc32)cc1. The molecule has 2 aromatic rings. The Morgan fingerprint density at radius 2 is 1.80 bits per heavy atom. The van der Waals surface area contributed by atoms with E-state index >= 15 is 0 Å². The lowest BCUT2D eigenvalue weighted by atomic mass is 9.93. The molecule has 0 heterocycles. The van der Waals surface area contributed by atoms with Gasteiger partial charge in [-0.05, 0) is 23.3 Å². The third kappa shape index (κ3) is 2.23. The van der Waals surface area contributed by atoms with Crippen LogP contribution < -0.4 is 5.32 Å². The molecule has 1 unspecified atom stereocenters. The Hall–Kier alpha value is -2.42. The molecule has 0 saturated carbocycles. The van der Waals surface area contributed by atoms with Gasteiger partial charge in [0.2, 0.25) is 5.91 Å². The average Bonchev–Trinajstić information content (AvgIpc) is 2.77. The van der Waals surface area contributed by atoms with Crippen molar-refractivity contribution in [2.45, 2.75) is 19.3 Å². The highest BCUT2D eigenvalue weighted by Gasteiger charge is 2.29. The van der Waals surface area contributed by atoms with Crippen molar-refractivity contribution in [2.24, 2.45) is 0 Å². The van der Waals surface area contributed by atoms with Crippen molar-refractivity contribution >= 4 is 17.4 Å². The lowest BCUT2D eigenvalue weighted by Gasteiger charge is -2.12. The number of hydrogen-bond acceptors (Lipinski definition) is 2. The van der Waals surface area contributed by atoms with E-state index in [1.807, 2.05) is 48.5 Å². The van der Waals surface area contributed by atoms with Crippen LogP contribution in [0, 0.1) is 0 Å². The zero-order chi connectivity index (χ0) is 14.1. The molecule has 20 heavy (non-hydrogen) atoms. The van der Waals surface area contributed by atoms with Crippen LogP contribution in [0.2, 0.25) is 0 Å². The Bertz CT molecular complexity index is 674. The van der Waals surface area contributed by atoms with Crippen molar-refractivity contribution in [3.05, 3.63) is 65.2 Å². The van der Waals surface area contributed by atoms with E-state index in [0.717, 1.165) is 22.4 Å².